The molecule has 0 bridgehead atoms. The molecule has 0 fully saturated rings. The van der Waals surface area contributed by atoms with Crippen molar-refractivity contribution in [3.8, 4) is 5.75 Å². The van der Waals surface area contributed by atoms with E-state index >= 15 is 0 Å². The van der Waals surface area contributed by atoms with E-state index < -0.39 is 0 Å². The Labute approximate surface area is 131 Å². The van der Waals surface area contributed by atoms with Gasteiger partial charge in [-0.3, -0.25) is 4.79 Å². The lowest BCUT2D eigenvalue weighted by Crippen LogP contribution is -2.27. The van der Waals surface area contributed by atoms with Gasteiger partial charge in [0.05, 0.1) is 6.61 Å². The van der Waals surface area contributed by atoms with Crippen LogP contribution in [0.4, 0.5) is 0 Å². The maximum Gasteiger partial charge on any atom is 0.270 e. The van der Waals surface area contributed by atoms with Crippen molar-refractivity contribution in [1.82, 2.24) is 10.3 Å². The molecule has 2 rings (SSSR count). The number of methoxy groups -OCH3 is 1. The van der Waals surface area contributed by atoms with Crippen molar-refractivity contribution in [1.29, 1.82) is 0 Å². The Bertz CT molecular complexity index is 603. The lowest BCUT2D eigenvalue weighted by molar-refractivity contribution is 0.0932. The number of carbonyl (C=O) groups is 1. The van der Waals surface area contributed by atoms with E-state index in [1.54, 1.807) is 24.6 Å². The smallest absolute Gasteiger partial charge is 0.270 e. The highest BCUT2D eigenvalue weighted by atomic mass is 35.5. The number of amides is 1. The van der Waals surface area contributed by atoms with Crippen LogP contribution in [-0.2, 0) is 11.3 Å². The van der Waals surface area contributed by atoms with Crippen molar-refractivity contribution < 1.29 is 14.3 Å². The van der Waals surface area contributed by atoms with Crippen LogP contribution in [0.2, 0.25) is 5.02 Å². The Morgan fingerprint density at radius 1 is 1.48 bits per heavy atom. The predicted molar refractivity (Wildman–Crippen MR) is 82.1 cm³/mol. The van der Waals surface area contributed by atoms with Crippen LogP contribution in [0, 0.1) is 0 Å². The SMILES string of the molecule is COCCNC(=O)c1csc(COc2cccc(Cl)c2)n1. The van der Waals surface area contributed by atoms with Gasteiger partial charge in [0.2, 0.25) is 0 Å². The highest BCUT2D eigenvalue weighted by Crippen LogP contribution is 2.19. The summed E-state index contributed by atoms with van der Waals surface area (Å²) in [5, 5.41) is 5.77. The first kappa shape index (κ1) is 15.8. The quantitative estimate of drug-likeness (QED) is 0.795. The fourth-order valence-corrected chi connectivity index (χ4v) is 2.41. The van der Waals surface area contributed by atoms with Crippen LogP contribution < -0.4 is 10.1 Å². The van der Waals surface area contributed by atoms with E-state index in [0.29, 0.717) is 36.2 Å². The number of rotatable bonds is 7. The average molecular weight is 327 g/mol. The van der Waals surface area contributed by atoms with Gasteiger partial charge in [-0.05, 0) is 18.2 Å². The highest BCUT2D eigenvalue weighted by Gasteiger charge is 2.10. The predicted octanol–water partition coefficient (Wildman–Crippen LogP) is 2.75. The standard InChI is InChI=1S/C14H15ClN2O3S/c1-19-6-5-16-14(18)12-9-21-13(17-12)8-20-11-4-2-3-10(15)7-11/h2-4,7,9H,5-6,8H2,1H3,(H,16,18). The van der Waals surface area contributed by atoms with Crippen LogP contribution in [0.1, 0.15) is 15.5 Å². The zero-order valence-electron chi connectivity index (χ0n) is 11.5. The van der Waals surface area contributed by atoms with E-state index in [1.807, 2.05) is 12.1 Å². The zero-order valence-corrected chi connectivity index (χ0v) is 13.0. The topological polar surface area (TPSA) is 60.5 Å². The Kier molecular flexibility index (Phi) is 5.98. The molecule has 1 N–H and O–H groups in total. The van der Waals surface area contributed by atoms with Crippen LogP contribution in [0.15, 0.2) is 29.6 Å². The van der Waals surface area contributed by atoms with Gasteiger partial charge in [-0.2, -0.15) is 0 Å². The Balaban J connectivity index is 1.86. The summed E-state index contributed by atoms with van der Waals surface area (Å²) in [6.07, 6.45) is 0. The van der Waals surface area contributed by atoms with Gasteiger partial charge in [-0.15, -0.1) is 11.3 Å². The Morgan fingerprint density at radius 2 is 2.33 bits per heavy atom. The van der Waals surface area contributed by atoms with Gasteiger partial charge in [0, 0.05) is 24.1 Å². The first-order chi connectivity index (χ1) is 10.2. The third-order valence-electron chi connectivity index (χ3n) is 2.53. The number of nitrogens with zero attached hydrogens (tertiary/aromatic N) is 1. The van der Waals surface area contributed by atoms with E-state index in [-0.39, 0.29) is 5.91 Å². The summed E-state index contributed by atoms with van der Waals surface area (Å²) < 4.78 is 10.4. The van der Waals surface area contributed by atoms with E-state index in [0.717, 1.165) is 5.01 Å². The minimum Gasteiger partial charge on any atom is -0.486 e. The molecule has 0 aliphatic heterocycles. The zero-order chi connectivity index (χ0) is 15.1. The van der Waals surface area contributed by atoms with Crippen LogP contribution in [-0.4, -0.2) is 31.2 Å². The summed E-state index contributed by atoms with van der Waals surface area (Å²) in [6, 6.07) is 7.14. The fraction of sp³-hybridized carbons (Fsp3) is 0.286. The first-order valence-electron chi connectivity index (χ1n) is 6.29. The fourth-order valence-electron chi connectivity index (χ4n) is 1.54. The molecule has 1 heterocycles. The molecule has 0 saturated heterocycles. The summed E-state index contributed by atoms with van der Waals surface area (Å²) in [5.74, 6) is 0.459. The third-order valence-corrected chi connectivity index (χ3v) is 3.59. The number of nitrogens with one attached hydrogen (secondary N) is 1. The lowest BCUT2D eigenvalue weighted by Gasteiger charge is -2.04. The molecule has 2 aromatic rings. The number of thiazole rings is 1. The second kappa shape index (κ2) is 7.97. The summed E-state index contributed by atoms with van der Waals surface area (Å²) >= 11 is 7.26. The summed E-state index contributed by atoms with van der Waals surface area (Å²) in [7, 11) is 1.58. The molecule has 0 aliphatic rings. The number of hydrogen-bond acceptors (Lipinski definition) is 5. The van der Waals surface area contributed by atoms with Crippen molar-refractivity contribution in [2.75, 3.05) is 20.3 Å². The van der Waals surface area contributed by atoms with Gasteiger partial charge < -0.3 is 14.8 Å². The number of benzene rings is 1. The minimum atomic E-state index is -0.211. The maximum absolute atomic E-state index is 11.8. The molecule has 0 saturated carbocycles. The third kappa shape index (κ3) is 5.00. The van der Waals surface area contributed by atoms with Crippen LogP contribution in [0.25, 0.3) is 0 Å². The van der Waals surface area contributed by atoms with Gasteiger partial charge in [-0.1, -0.05) is 17.7 Å². The molecule has 21 heavy (non-hydrogen) atoms. The first-order valence-corrected chi connectivity index (χ1v) is 7.54. The number of carbonyl (C=O) groups excluding carboxylic acids is 1. The van der Waals surface area contributed by atoms with Gasteiger partial charge in [0.25, 0.3) is 5.91 Å². The average Bonchev–Trinajstić information content (AvgIpc) is 2.94. The maximum atomic E-state index is 11.8. The molecule has 1 aromatic heterocycles. The summed E-state index contributed by atoms with van der Waals surface area (Å²) in [5.41, 5.74) is 0.390. The van der Waals surface area contributed by atoms with E-state index in [2.05, 4.69) is 10.3 Å². The van der Waals surface area contributed by atoms with Crippen molar-refractivity contribution in [3.05, 3.63) is 45.4 Å². The molecular formula is C14H15ClN2O3S. The van der Waals surface area contributed by atoms with Crippen molar-refractivity contribution in [3.63, 3.8) is 0 Å². The molecule has 112 valence electrons. The molecule has 5 nitrogen and oxygen atoms in total. The number of hydrogen-bond donors (Lipinski definition) is 1. The largest absolute Gasteiger partial charge is 0.486 e. The van der Waals surface area contributed by atoms with Crippen LogP contribution >= 0.6 is 22.9 Å². The van der Waals surface area contributed by atoms with Crippen molar-refractivity contribution in [2.45, 2.75) is 6.61 Å². The highest BCUT2D eigenvalue weighted by molar-refractivity contribution is 7.09. The number of aromatic nitrogens is 1. The monoisotopic (exact) mass is 326 g/mol. The van der Waals surface area contributed by atoms with E-state index in [4.69, 9.17) is 21.1 Å². The molecule has 0 spiro atoms. The molecule has 1 amide bonds. The van der Waals surface area contributed by atoms with Gasteiger partial charge >= 0.3 is 0 Å². The van der Waals surface area contributed by atoms with Crippen molar-refractivity contribution in [2.24, 2.45) is 0 Å². The minimum absolute atomic E-state index is 0.211. The molecule has 0 aliphatic carbocycles. The number of halogens is 1. The molecule has 7 heteroatoms. The van der Waals surface area contributed by atoms with E-state index in [9.17, 15) is 4.79 Å². The van der Waals surface area contributed by atoms with Gasteiger partial charge in [-0.25, -0.2) is 4.98 Å². The molecular weight excluding hydrogens is 312 g/mol. The molecule has 1 aromatic carbocycles. The number of ether oxygens (including phenoxy) is 2. The Hall–Kier alpha value is -1.63. The second-order valence-corrected chi connectivity index (χ2v) is 5.50. The van der Waals surface area contributed by atoms with Gasteiger partial charge in [0.1, 0.15) is 23.1 Å². The summed E-state index contributed by atoms with van der Waals surface area (Å²) in [4.78, 5) is 16.0. The summed E-state index contributed by atoms with van der Waals surface area (Å²) in [6.45, 7) is 1.23. The van der Waals surface area contributed by atoms with Crippen LogP contribution in [0.5, 0.6) is 5.75 Å². The Morgan fingerprint density at radius 3 is 3.10 bits per heavy atom. The van der Waals surface area contributed by atoms with Crippen molar-refractivity contribution >= 4 is 28.8 Å². The molecule has 0 radical (unpaired) electrons. The lowest BCUT2D eigenvalue weighted by atomic mass is 10.3. The molecule has 0 atom stereocenters. The normalized spacial score (nSPS) is 10.4. The van der Waals surface area contributed by atoms with E-state index in [1.165, 1.54) is 11.3 Å². The molecule has 0 unspecified atom stereocenters. The van der Waals surface area contributed by atoms with Crippen LogP contribution in [0.3, 0.4) is 0 Å². The van der Waals surface area contributed by atoms with Gasteiger partial charge in [0.15, 0.2) is 0 Å². The second-order valence-electron chi connectivity index (χ2n) is 4.12.